The summed E-state index contributed by atoms with van der Waals surface area (Å²) in [6.07, 6.45) is 7.62. The van der Waals surface area contributed by atoms with Gasteiger partial charge in [0.15, 0.2) is 5.78 Å². The van der Waals surface area contributed by atoms with Gasteiger partial charge in [-0.1, -0.05) is 90.1 Å². The smallest absolute Gasteiger partial charge is 0.187 e. The van der Waals surface area contributed by atoms with E-state index in [2.05, 4.69) is 94.4 Å². The van der Waals surface area contributed by atoms with E-state index in [9.17, 15) is 4.79 Å². The number of benzene rings is 2. The highest BCUT2D eigenvalue weighted by Gasteiger charge is 2.38. The van der Waals surface area contributed by atoms with Gasteiger partial charge in [0.1, 0.15) is 5.60 Å². The number of allylic oxidation sites excluding steroid dienone is 1. The number of piperidine rings is 1. The predicted octanol–water partition coefficient (Wildman–Crippen LogP) is 6.39. The highest BCUT2D eigenvalue weighted by molar-refractivity contribution is 6.04. The summed E-state index contributed by atoms with van der Waals surface area (Å²) in [6.45, 7) is 14.9. The van der Waals surface area contributed by atoms with Crippen LogP contribution in [0.3, 0.4) is 0 Å². The normalized spacial score (nSPS) is 18.3. The van der Waals surface area contributed by atoms with Gasteiger partial charge in [-0.25, -0.2) is 0 Å². The molecule has 4 heteroatoms. The van der Waals surface area contributed by atoms with Crippen molar-refractivity contribution in [3.63, 3.8) is 0 Å². The molecular weight excluding hydrogens is 420 g/mol. The van der Waals surface area contributed by atoms with Gasteiger partial charge in [0.2, 0.25) is 0 Å². The first-order chi connectivity index (χ1) is 16.0. The lowest BCUT2D eigenvalue weighted by Crippen LogP contribution is -2.42. The Balaban J connectivity index is 1.34. The molecule has 1 fully saturated rings. The van der Waals surface area contributed by atoms with Crippen LogP contribution in [0.15, 0.2) is 66.9 Å². The number of hydrogen-bond acceptors (Lipinski definition) is 4. The summed E-state index contributed by atoms with van der Waals surface area (Å²) in [5.74, 6) is 0.0421. The molecule has 0 amide bonds. The molecule has 2 heterocycles. The Hall–Kier alpha value is -2.85. The van der Waals surface area contributed by atoms with Gasteiger partial charge < -0.3 is 4.90 Å². The molecule has 0 aromatic heterocycles. The molecule has 1 saturated heterocycles. The first kappa shape index (κ1) is 24.3. The SMILES string of the molecule is CC(C)(C)c1ccc(C(=O)C=CN2CCC3(C=C(c4ccc(C(C)(C)C)cc4)NO3)CC2)cc1. The summed E-state index contributed by atoms with van der Waals surface area (Å²) in [6, 6.07) is 16.7. The summed E-state index contributed by atoms with van der Waals surface area (Å²) in [5.41, 5.74) is 8.59. The Morgan fingerprint density at radius 2 is 1.41 bits per heavy atom. The summed E-state index contributed by atoms with van der Waals surface area (Å²) >= 11 is 0. The predicted molar refractivity (Wildman–Crippen MR) is 139 cm³/mol. The largest absolute Gasteiger partial charge is 0.377 e. The number of carbonyl (C=O) groups excluding carboxylic acids is 1. The van der Waals surface area contributed by atoms with E-state index < -0.39 is 0 Å². The van der Waals surface area contributed by atoms with Crippen molar-refractivity contribution >= 4 is 11.5 Å². The van der Waals surface area contributed by atoms with Crippen molar-refractivity contribution in [1.29, 1.82) is 0 Å². The van der Waals surface area contributed by atoms with E-state index in [-0.39, 0.29) is 22.2 Å². The second kappa shape index (κ2) is 9.07. The number of nitrogens with zero attached hydrogens (tertiary/aromatic N) is 1. The minimum Gasteiger partial charge on any atom is -0.377 e. The van der Waals surface area contributed by atoms with Gasteiger partial charge in [-0.05, 0) is 33.6 Å². The van der Waals surface area contributed by atoms with Crippen LogP contribution in [-0.4, -0.2) is 29.4 Å². The number of carbonyl (C=O) groups is 1. The molecule has 34 heavy (non-hydrogen) atoms. The fraction of sp³-hybridized carbons (Fsp3) is 0.433. The van der Waals surface area contributed by atoms with Crippen molar-refractivity contribution in [1.82, 2.24) is 10.4 Å². The Morgan fingerprint density at radius 3 is 1.94 bits per heavy atom. The molecule has 2 aromatic rings. The van der Waals surface area contributed by atoms with Crippen molar-refractivity contribution < 1.29 is 9.63 Å². The van der Waals surface area contributed by atoms with Crippen molar-refractivity contribution in [2.24, 2.45) is 0 Å². The zero-order chi connectivity index (χ0) is 24.6. The minimum absolute atomic E-state index is 0.0421. The van der Waals surface area contributed by atoms with E-state index in [0.29, 0.717) is 0 Å². The van der Waals surface area contributed by atoms with Gasteiger partial charge in [-0.3, -0.25) is 15.1 Å². The van der Waals surface area contributed by atoms with Crippen LogP contribution < -0.4 is 5.48 Å². The lowest BCUT2D eigenvalue weighted by atomic mass is 9.86. The maximum absolute atomic E-state index is 12.6. The highest BCUT2D eigenvalue weighted by atomic mass is 16.7. The molecular formula is C30H38N2O2. The van der Waals surface area contributed by atoms with Crippen LogP contribution in [0.5, 0.6) is 0 Å². The molecule has 0 radical (unpaired) electrons. The van der Waals surface area contributed by atoms with Gasteiger partial charge in [-0.15, -0.1) is 0 Å². The molecule has 1 spiro atoms. The van der Waals surface area contributed by atoms with Crippen LogP contribution >= 0.6 is 0 Å². The second-order valence-electron chi connectivity index (χ2n) is 11.7. The van der Waals surface area contributed by atoms with Gasteiger partial charge in [-0.2, -0.15) is 0 Å². The number of hydroxylamine groups is 1. The average Bonchev–Trinajstić information content (AvgIpc) is 3.21. The van der Waals surface area contributed by atoms with Gasteiger partial charge in [0, 0.05) is 43.8 Å². The summed E-state index contributed by atoms with van der Waals surface area (Å²) < 4.78 is 0. The lowest BCUT2D eigenvalue weighted by Gasteiger charge is -2.36. The molecule has 180 valence electrons. The third kappa shape index (κ3) is 5.44. The van der Waals surface area contributed by atoms with Crippen LogP contribution in [0.2, 0.25) is 0 Å². The first-order valence-corrected chi connectivity index (χ1v) is 12.3. The Kier molecular flexibility index (Phi) is 6.48. The standard InChI is InChI=1S/C30H38N2O2/c1-28(2,3)24-11-7-22(8-12-24)26-21-30(34-31-26)16-19-32(20-17-30)18-15-27(33)23-9-13-25(14-10-23)29(4,5)6/h7-15,18,21,31H,16-17,19-20H2,1-6H3. The zero-order valence-electron chi connectivity index (χ0n) is 21.4. The van der Waals surface area contributed by atoms with Gasteiger partial charge in [0.05, 0.1) is 5.70 Å². The van der Waals surface area contributed by atoms with Crippen LogP contribution in [0.4, 0.5) is 0 Å². The number of likely N-dealkylation sites (tertiary alicyclic amines) is 1. The molecule has 2 aliphatic rings. The summed E-state index contributed by atoms with van der Waals surface area (Å²) in [7, 11) is 0. The van der Waals surface area contributed by atoms with E-state index in [0.717, 1.165) is 42.8 Å². The third-order valence-electron chi connectivity index (χ3n) is 6.95. The Morgan fingerprint density at radius 1 is 0.882 bits per heavy atom. The molecule has 2 aromatic carbocycles. The third-order valence-corrected chi connectivity index (χ3v) is 6.95. The average molecular weight is 459 g/mol. The highest BCUT2D eigenvalue weighted by Crippen LogP contribution is 2.35. The molecule has 0 unspecified atom stereocenters. The van der Waals surface area contributed by atoms with E-state index >= 15 is 0 Å². The van der Waals surface area contributed by atoms with Gasteiger partial charge >= 0.3 is 0 Å². The van der Waals surface area contributed by atoms with Crippen molar-refractivity contribution in [3.8, 4) is 0 Å². The fourth-order valence-electron chi connectivity index (χ4n) is 4.47. The van der Waals surface area contributed by atoms with Crippen LogP contribution in [-0.2, 0) is 15.7 Å². The molecule has 0 aliphatic carbocycles. The quantitative estimate of drug-likeness (QED) is 0.426. The van der Waals surface area contributed by atoms with E-state index in [4.69, 9.17) is 4.84 Å². The van der Waals surface area contributed by atoms with Crippen LogP contribution in [0.25, 0.3) is 5.70 Å². The Labute approximate surface area is 204 Å². The molecule has 0 saturated carbocycles. The zero-order valence-corrected chi connectivity index (χ0v) is 21.4. The van der Waals surface area contributed by atoms with E-state index in [1.54, 1.807) is 6.08 Å². The molecule has 4 nitrogen and oxygen atoms in total. The summed E-state index contributed by atoms with van der Waals surface area (Å²) in [5, 5.41) is 0. The number of nitrogens with one attached hydrogen (secondary N) is 1. The number of hydrogen-bond donors (Lipinski definition) is 1. The van der Waals surface area contributed by atoms with E-state index in [1.165, 1.54) is 11.1 Å². The monoisotopic (exact) mass is 458 g/mol. The molecule has 4 rings (SSSR count). The topological polar surface area (TPSA) is 41.6 Å². The number of rotatable bonds is 4. The lowest BCUT2D eigenvalue weighted by molar-refractivity contribution is -0.0639. The van der Waals surface area contributed by atoms with Crippen molar-refractivity contribution in [2.45, 2.75) is 70.8 Å². The van der Waals surface area contributed by atoms with Gasteiger partial charge in [0.25, 0.3) is 0 Å². The van der Waals surface area contributed by atoms with Crippen LogP contribution in [0, 0.1) is 0 Å². The maximum Gasteiger partial charge on any atom is 0.187 e. The molecule has 2 aliphatic heterocycles. The van der Waals surface area contributed by atoms with E-state index in [1.807, 2.05) is 18.3 Å². The first-order valence-electron chi connectivity index (χ1n) is 12.3. The molecule has 0 bridgehead atoms. The Bertz CT molecular complexity index is 1070. The molecule has 1 N–H and O–H groups in total. The second-order valence-corrected chi connectivity index (χ2v) is 11.7. The van der Waals surface area contributed by atoms with Crippen molar-refractivity contribution in [3.05, 3.63) is 89.1 Å². The minimum atomic E-state index is -0.283. The number of ketones is 1. The van der Waals surface area contributed by atoms with Crippen molar-refractivity contribution in [2.75, 3.05) is 13.1 Å². The van der Waals surface area contributed by atoms with Crippen LogP contribution in [0.1, 0.15) is 81.4 Å². The fourth-order valence-corrected chi connectivity index (χ4v) is 4.47. The molecule has 0 atom stereocenters. The summed E-state index contributed by atoms with van der Waals surface area (Å²) in [4.78, 5) is 20.9. The maximum atomic E-state index is 12.6.